The number of likely N-dealkylation sites (N-methyl/N-ethyl adjacent to an activating group) is 1. The molecule has 4 nitrogen and oxygen atoms in total. The first kappa shape index (κ1) is 20.2. The van der Waals surface area contributed by atoms with Crippen LogP contribution in [0.15, 0.2) is 40.6 Å². The molecule has 25 heavy (non-hydrogen) atoms. The van der Waals surface area contributed by atoms with Gasteiger partial charge in [-0.3, -0.25) is 0 Å². The number of allylic oxidation sites excluding steroid dienone is 3. The van der Waals surface area contributed by atoms with E-state index in [4.69, 9.17) is 27.9 Å². The zero-order valence-electron chi connectivity index (χ0n) is 13.7. The van der Waals surface area contributed by atoms with E-state index in [1.54, 1.807) is 12.2 Å². The molecule has 0 heterocycles. The first-order chi connectivity index (χ1) is 11.8. The highest BCUT2D eigenvalue weighted by atomic mass is 35.5. The lowest BCUT2D eigenvalue weighted by Gasteiger charge is -2.21. The molecule has 0 saturated heterocycles. The van der Waals surface area contributed by atoms with Crippen LogP contribution in [0, 0.1) is 11.6 Å². The minimum atomic E-state index is -1.99. The maximum atomic E-state index is 13.8. The van der Waals surface area contributed by atoms with E-state index in [-0.39, 0.29) is 15.3 Å². The third-order valence-corrected chi connectivity index (χ3v) is 5.16. The summed E-state index contributed by atoms with van der Waals surface area (Å²) in [6.45, 7) is 1.17. The van der Waals surface area contributed by atoms with Crippen molar-refractivity contribution in [2.75, 3.05) is 27.2 Å². The van der Waals surface area contributed by atoms with Gasteiger partial charge in [-0.05, 0) is 32.6 Å². The maximum absolute atomic E-state index is 13.8. The number of rotatable bonds is 7. The molecule has 1 aliphatic carbocycles. The first-order valence-electron chi connectivity index (χ1n) is 7.44. The number of halogens is 4. The van der Waals surface area contributed by atoms with E-state index in [0.717, 1.165) is 12.1 Å². The SMILES string of the molecule is CN(C)CCOC1=CC(NS(=O)c2cc(F)c(Cl)cc2F)=CCC1Cl. The number of ether oxygens (including phenoxy) is 1. The Hall–Kier alpha value is -1.15. The Kier molecular flexibility index (Phi) is 7.25. The molecule has 1 N–H and O–H groups in total. The summed E-state index contributed by atoms with van der Waals surface area (Å²) in [4.78, 5) is 1.65. The molecule has 2 atom stereocenters. The van der Waals surface area contributed by atoms with Crippen LogP contribution in [0.1, 0.15) is 6.42 Å². The number of nitrogens with zero attached hydrogens (tertiary/aromatic N) is 1. The van der Waals surface area contributed by atoms with Gasteiger partial charge < -0.3 is 14.4 Å². The Bertz CT molecular complexity index is 726. The van der Waals surface area contributed by atoms with Crippen LogP contribution >= 0.6 is 23.2 Å². The number of hydrogen-bond donors (Lipinski definition) is 1. The monoisotopic (exact) mass is 410 g/mol. The summed E-state index contributed by atoms with van der Waals surface area (Å²) in [5.74, 6) is -1.15. The molecule has 0 amide bonds. The highest BCUT2D eigenvalue weighted by Crippen LogP contribution is 2.25. The molecular formula is C16H18Cl2F2N2O2S. The van der Waals surface area contributed by atoms with E-state index in [1.165, 1.54) is 0 Å². The summed E-state index contributed by atoms with van der Waals surface area (Å²) in [5, 5.41) is -0.692. The fourth-order valence-corrected chi connectivity index (χ4v) is 3.29. The van der Waals surface area contributed by atoms with Crippen molar-refractivity contribution in [3.05, 3.63) is 52.4 Å². The van der Waals surface area contributed by atoms with Gasteiger partial charge >= 0.3 is 0 Å². The van der Waals surface area contributed by atoms with E-state index in [1.807, 2.05) is 19.0 Å². The standard InChI is InChI=1S/C16H18Cl2F2N2O2S/c1-22(2)5-6-24-15-7-10(3-4-11(15)17)21-25(23)16-9-13(19)12(18)8-14(16)20/h3,7-9,11,21H,4-6H2,1-2H3. The largest absolute Gasteiger partial charge is 0.495 e. The average Bonchev–Trinajstić information content (AvgIpc) is 2.53. The molecule has 0 saturated carbocycles. The topological polar surface area (TPSA) is 41.6 Å². The molecule has 0 aromatic heterocycles. The second kappa shape index (κ2) is 8.98. The third-order valence-electron chi connectivity index (χ3n) is 3.34. The van der Waals surface area contributed by atoms with Crippen molar-refractivity contribution >= 4 is 34.2 Å². The molecule has 2 unspecified atom stereocenters. The van der Waals surface area contributed by atoms with Gasteiger partial charge in [0.2, 0.25) is 0 Å². The van der Waals surface area contributed by atoms with Crippen molar-refractivity contribution in [2.24, 2.45) is 0 Å². The van der Waals surface area contributed by atoms with Gasteiger partial charge in [0.05, 0.1) is 15.3 Å². The number of hydrogen-bond acceptors (Lipinski definition) is 3. The minimum absolute atomic E-state index is 0.320. The summed E-state index contributed by atoms with van der Waals surface area (Å²) in [7, 11) is 1.85. The van der Waals surface area contributed by atoms with E-state index >= 15 is 0 Å². The molecule has 0 radical (unpaired) electrons. The first-order valence-corrected chi connectivity index (χ1v) is 9.40. The molecule has 0 aliphatic heterocycles. The number of benzene rings is 1. The summed E-state index contributed by atoms with van der Waals surface area (Å²) in [5.41, 5.74) is 0.463. The zero-order valence-corrected chi connectivity index (χ0v) is 16.0. The smallest absolute Gasteiger partial charge is 0.153 e. The Morgan fingerprint density at radius 3 is 2.76 bits per heavy atom. The van der Waals surface area contributed by atoms with Crippen LogP contribution in [0.4, 0.5) is 8.78 Å². The lowest BCUT2D eigenvalue weighted by molar-refractivity contribution is 0.176. The second-order valence-electron chi connectivity index (χ2n) is 5.63. The lowest BCUT2D eigenvalue weighted by atomic mass is 10.1. The quantitative estimate of drug-likeness (QED) is 0.551. The van der Waals surface area contributed by atoms with Gasteiger partial charge in [0.1, 0.15) is 24.0 Å². The Balaban J connectivity index is 2.07. The summed E-state index contributed by atoms with van der Waals surface area (Å²) in [6.07, 6.45) is 3.80. The lowest BCUT2D eigenvalue weighted by Crippen LogP contribution is -2.23. The molecule has 9 heteroatoms. The van der Waals surface area contributed by atoms with Gasteiger partial charge in [0.15, 0.2) is 11.0 Å². The van der Waals surface area contributed by atoms with E-state index < -0.39 is 22.6 Å². The highest BCUT2D eigenvalue weighted by Gasteiger charge is 2.20. The van der Waals surface area contributed by atoms with Crippen molar-refractivity contribution in [1.82, 2.24) is 9.62 Å². The summed E-state index contributed by atoms with van der Waals surface area (Å²) in [6, 6.07) is 1.61. The zero-order chi connectivity index (χ0) is 18.6. The van der Waals surface area contributed by atoms with Crippen molar-refractivity contribution < 1.29 is 17.7 Å². The van der Waals surface area contributed by atoms with E-state index in [9.17, 15) is 13.0 Å². The Morgan fingerprint density at radius 1 is 1.36 bits per heavy atom. The number of nitrogens with one attached hydrogen (secondary N) is 1. The van der Waals surface area contributed by atoms with E-state index in [0.29, 0.717) is 31.0 Å². The fourth-order valence-electron chi connectivity index (χ4n) is 2.01. The Morgan fingerprint density at radius 2 is 2.08 bits per heavy atom. The summed E-state index contributed by atoms with van der Waals surface area (Å²) < 4.78 is 47.9. The van der Waals surface area contributed by atoms with Gasteiger partial charge in [-0.25, -0.2) is 13.0 Å². The second-order valence-corrected chi connectivity index (χ2v) is 7.74. The minimum Gasteiger partial charge on any atom is -0.495 e. The van der Waals surface area contributed by atoms with Crippen LogP contribution < -0.4 is 4.72 Å². The van der Waals surface area contributed by atoms with Gasteiger partial charge in [0.25, 0.3) is 0 Å². The van der Waals surface area contributed by atoms with Crippen molar-refractivity contribution in [1.29, 1.82) is 0 Å². The molecular weight excluding hydrogens is 393 g/mol. The van der Waals surface area contributed by atoms with Gasteiger partial charge in [-0.15, -0.1) is 11.6 Å². The van der Waals surface area contributed by atoms with Crippen LogP contribution in [-0.4, -0.2) is 41.7 Å². The van der Waals surface area contributed by atoms with Crippen LogP contribution in [-0.2, 0) is 15.7 Å². The van der Waals surface area contributed by atoms with Crippen LogP contribution in [0.3, 0.4) is 0 Å². The third kappa shape index (κ3) is 5.67. The molecule has 138 valence electrons. The fraction of sp³-hybridized carbons (Fsp3) is 0.375. The van der Waals surface area contributed by atoms with Crippen molar-refractivity contribution in [3.8, 4) is 0 Å². The molecule has 0 spiro atoms. The molecule has 0 fully saturated rings. The number of alkyl halides is 1. The highest BCUT2D eigenvalue weighted by molar-refractivity contribution is 7.83. The Labute approximate surface area is 158 Å². The van der Waals surface area contributed by atoms with Crippen LogP contribution in [0.25, 0.3) is 0 Å². The predicted octanol–water partition coefficient (Wildman–Crippen LogP) is 3.59. The molecule has 0 bridgehead atoms. The maximum Gasteiger partial charge on any atom is 0.153 e. The van der Waals surface area contributed by atoms with Crippen molar-refractivity contribution in [3.63, 3.8) is 0 Å². The van der Waals surface area contributed by atoms with E-state index in [2.05, 4.69) is 4.72 Å². The molecule has 1 aromatic rings. The van der Waals surface area contributed by atoms with Gasteiger partial charge in [0, 0.05) is 18.3 Å². The average molecular weight is 411 g/mol. The predicted molar refractivity (Wildman–Crippen MR) is 95.8 cm³/mol. The molecule has 2 rings (SSSR count). The van der Waals surface area contributed by atoms with Crippen LogP contribution in [0.2, 0.25) is 5.02 Å². The normalized spacial score (nSPS) is 18.6. The van der Waals surface area contributed by atoms with Crippen LogP contribution in [0.5, 0.6) is 0 Å². The van der Waals surface area contributed by atoms with Gasteiger partial charge in [-0.2, -0.15) is 0 Å². The summed E-state index contributed by atoms with van der Waals surface area (Å²) >= 11 is 11.7. The van der Waals surface area contributed by atoms with Crippen molar-refractivity contribution in [2.45, 2.75) is 16.7 Å². The molecule has 1 aliphatic rings. The van der Waals surface area contributed by atoms with Gasteiger partial charge in [-0.1, -0.05) is 17.7 Å². The molecule has 1 aromatic carbocycles.